The van der Waals surface area contributed by atoms with Crippen LogP contribution in [0, 0.1) is 6.07 Å². The number of hydrogen-bond donors (Lipinski definition) is 0. The van der Waals surface area contributed by atoms with Crippen LogP contribution in [0.4, 0.5) is 15.4 Å². The van der Waals surface area contributed by atoms with Crippen molar-refractivity contribution in [1.29, 1.82) is 0 Å². The van der Waals surface area contributed by atoms with Crippen LogP contribution < -0.4 is 4.90 Å². The van der Waals surface area contributed by atoms with Gasteiger partial charge in [-0.1, -0.05) is 12.1 Å². The van der Waals surface area contributed by atoms with Gasteiger partial charge in [0.05, 0.1) is 0 Å². The third-order valence-corrected chi connectivity index (χ3v) is 2.93. The lowest BCUT2D eigenvalue weighted by Crippen LogP contribution is -2.44. The molecule has 0 aliphatic heterocycles. The number of nitrogens with zero attached hydrogens (tertiary/aromatic N) is 2. The molecule has 0 saturated heterocycles. The molecule has 2 amide bonds. The Labute approximate surface area is 147 Å². The van der Waals surface area contributed by atoms with E-state index in [-0.39, 0.29) is 5.82 Å². The molecule has 0 bridgehead atoms. The van der Waals surface area contributed by atoms with E-state index >= 15 is 0 Å². The minimum Gasteiger partial charge on any atom is -0.443 e. The summed E-state index contributed by atoms with van der Waals surface area (Å²) in [5.41, 5.74) is -1.52. The van der Waals surface area contributed by atoms with Gasteiger partial charge in [0.15, 0.2) is 0 Å². The number of pyridine rings is 1. The number of ether oxygens (including phenoxy) is 2. The predicted octanol–water partition coefficient (Wildman–Crippen LogP) is 4.71. The van der Waals surface area contributed by atoms with E-state index in [4.69, 9.17) is 9.47 Å². The number of carbonyl (C=O) groups excluding carboxylic acids is 2. The average Bonchev–Trinajstić information content (AvgIpc) is 2.43. The molecule has 2 rings (SSSR count). The lowest BCUT2D eigenvalue weighted by molar-refractivity contribution is 0.0429. The highest BCUT2D eigenvalue weighted by Gasteiger charge is 2.33. The molecule has 0 aliphatic carbocycles. The van der Waals surface area contributed by atoms with Crippen LogP contribution in [0.1, 0.15) is 41.5 Å². The predicted molar refractivity (Wildman–Crippen MR) is 95.5 cm³/mol. The third-order valence-electron chi connectivity index (χ3n) is 2.93. The lowest BCUT2D eigenvalue weighted by atomic mass is 10.2. The quantitative estimate of drug-likeness (QED) is 0.750. The first-order chi connectivity index (χ1) is 11.5. The summed E-state index contributed by atoms with van der Waals surface area (Å²) >= 11 is 0. The van der Waals surface area contributed by atoms with Gasteiger partial charge in [-0.2, -0.15) is 4.90 Å². The molecule has 1 radical (unpaired) electrons. The van der Waals surface area contributed by atoms with E-state index in [1.807, 2.05) is 6.07 Å². The van der Waals surface area contributed by atoms with Crippen molar-refractivity contribution >= 4 is 28.8 Å². The number of carbonyl (C=O) groups is 2. The highest BCUT2D eigenvalue weighted by Crippen LogP contribution is 2.23. The zero-order valence-electron chi connectivity index (χ0n) is 15.4. The molecule has 6 nitrogen and oxygen atoms in total. The molecule has 133 valence electrons. The highest BCUT2D eigenvalue weighted by molar-refractivity contribution is 6.09. The summed E-state index contributed by atoms with van der Waals surface area (Å²) in [6.07, 6.45) is -0.102. The Bertz CT molecular complexity index is 760. The maximum Gasteiger partial charge on any atom is 0.425 e. The fraction of sp³-hybridized carbons (Fsp3) is 0.421. The smallest absolute Gasteiger partial charge is 0.425 e. The fourth-order valence-corrected chi connectivity index (χ4v) is 2.01. The number of fused-ring (bicyclic) bond motifs is 1. The molecule has 0 atom stereocenters. The zero-order valence-corrected chi connectivity index (χ0v) is 15.4. The van der Waals surface area contributed by atoms with Crippen molar-refractivity contribution in [2.24, 2.45) is 0 Å². The minimum atomic E-state index is -0.837. The number of amides is 2. The maximum absolute atomic E-state index is 12.6. The van der Waals surface area contributed by atoms with E-state index in [1.165, 1.54) is 0 Å². The van der Waals surface area contributed by atoms with E-state index < -0.39 is 23.4 Å². The third kappa shape index (κ3) is 5.17. The summed E-state index contributed by atoms with van der Waals surface area (Å²) in [6, 6.07) is 9.94. The first-order valence-corrected chi connectivity index (χ1v) is 7.98. The lowest BCUT2D eigenvalue weighted by Gasteiger charge is -2.28. The second-order valence-corrected chi connectivity index (χ2v) is 7.61. The maximum atomic E-state index is 12.6. The molecule has 1 aromatic heterocycles. The van der Waals surface area contributed by atoms with Crippen LogP contribution in [0.3, 0.4) is 0 Å². The van der Waals surface area contributed by atoms with E-state index in [0.29, 0.717) is 0 Å². The van der Waals surface area contributed by atoms with Gasteiger partial charge in [-0.15, -0.1) is 0 Å². The molecule has 25 heavy (non-hydrogen) atoms. The van der Waals surface area contributed by atoms with Crippen molar-refractivity contribution in [3.63, 3.8) is 0 Å². The molecule has 0 fully saturated rings. The summed E-state index contributed by atoms with van der Waals surface area (Å²) in [5.74, 6) is 0.141. The first-order valence-electron chi connectivity index (χ1n) is 7.98. The van der Waals surface area contributed by atoms with Gasteiger partial charge in [0, 0.05) is 11.6 Å². The van der Waals surface area contributed by atoms with Crippen molar-refractivity contribution in [2.45, 2.75) is 52.7 Å². The average molecular weight is 343 g/mol. The number of imide groups is 1. The van der Waals surface area contributed by atoms with E-state index in [0.717, 1.165) is 15.7 Å². The fourth-order valence-electron chi connectivity index (χ4n) is 2.01. The Morgan fingerprint density at radius 1 is 1.00 bits per heavy atom. The molecule has 0 unspecified atom stereocenters. The van der Waals surface area contributed by atoms with Crippen LogP contribution in [-0.4, -0.2) is 28.4 Å². The molecule has 0 saturated carbocycles. The molecule has 2 aromatic rings. The molecule has 6 heteroatoms. The van der Waals surface area contributed by atoms with Crippen LogP contribution in [-0.2, 0) is 9.47 Å². The van der Waals surface area contributed by atoms with E-state index in [2.05, 4.69) is 11.1 Å². The molecular formula is C19H23N2O4. The summed E-state index contributed by atoms with van der Waals surface area (Å²) in [4.78, 5) is 30.2. The second-order valence-electron chi connectivity index (χ2n) is 7.61. The molecule has 0 spiro atoms. The number of aromatic nitrogens is 1. The van der Waals surface area contributed by atoms with E-state index in [1.54, 1.807) is 65.9 Å². The van der Waals surface area contributed by atoms with Gasteiger partial charge >= 0.3 is 12.2 Å². The zero-order chi connectivity index (χ0) is 18.8. The molecular weight excluding hydrogens is 320 g/mol. The van der Waals surface area contributed by atoms with Crippen molar-refractivity contribution in [2.75, 3.05) is 4.90 Å². The number of hydrogen-bond acceptors (Lipinski definition) is 5. The largest absolute Gasteiger partial charge is 0.443 e. The van der Waals surface area contributed by atoms with Gasteiger partial charge in [-0.05, 0) is 65.1 Å². The standard InChI is InChI=1S/C19H23N2O4/c1-18(2,3)24-16(22)21(17(23)25-19(4,5)6)15-11-13-9-7-8-10-14(13)12-20-15/h7,9-12H,1-6H3. The first kappa shape index (κ1) is 18.7. The van der Waals surface area contributed by atoms with Crippen LogP contribution in [0.2, 0.25) is 0 Å². The molecule has 0 aliphatic rings. The van der Waals surface area contributed by atoms with Crippen LogP contribution in [0.25, 0.3) is 10.8 Å². The van der Waals surface area contributed by atoms with Gasteiger partial charge in [0.2, 0.25) is 0 Å². The number of rotatable bonds is 1. The Kier molecular flexibility index (Phi) is 5.02. The van der Waals surface area contributed by atoms with E-state index in [9.17, 15) is 9.59 Å². The van der Waals surface area contributed by atoms with Gasteiger partial charge in [-0.25, -0.2) is 14.6 Å². The Morgan fingerprint density at radius 3 is 2.08 bits per heavy atom. The summed E-state index contributed by atoms with van der Waals surface area (Å²) in [6.45, 7) is 10.3. The SMILES string of the molecule is CC(C)(C)OC(=O)N(C(=O)OC(C)(C)C)c1cc2cc[c]cc2cn1. The Hall–Kier alpha value is -2.63. The second kappa shape index (κ2) is 6.70. The van der Waals surface area contributed by atoms with Gasteiger partial charge in [0.1, 0.15) is 17.0 Å². The summed E-state index contributed by atoms with van der Waals surface area (Å²) in [5, 5.41) is 1.67. The number of benzene rings is 1. The Balaban J connectivity index is 2.44. The van der Waals surface area contributed by atoms with Crippen LogP contribution >= 0.6 is 0 Å². The molecule has 0 N–H and O–H groups in total. The van der Waals surface area contributed by atoms with Gasteiger partial charge in [-0.3, -0.25) is 0 Å². The van der Waals surface area contributed by atoms with Crippen molar-refractivity contribution < 1.29 is 19.1 Å². The topological polar surface area (TPSA) is 68.7 Å². The monoisotopic (exact) mass is 343 g/mol. The summed E-state index contributed by atoms with van der Waals surface area (Å²) < 4.78 is 10.7. The van der Waals surface area contributed by atoms with Crippen LogP contribution in [0.5, 0.6) is 0 Å². The molecule has 1 aromatic carbocycles. The van der Waals surface area contributed by atoms with Crippen molar-refractivity contribution in [3.05, 3.63) is 36.5 Å². The Morgan fingerprint density at radius 2 is 1.56 bits per heavy atom. The normalized spacial score (nSPS) is 11.9. The number of anilines is 1. The van der Waals surface area contributed by atoms with Crippen molar-refractivity contribution in [3.8, 4) is 0 Å². The molecule has 1 heterocycles. The minimum absolute atomic E-state index is 0.141. The van der Waals surface area contributed by atoms with Crippen molar-refractivity contribution in [1.82, 2.24) is 4.98 Å². The highest BCUT2D eigenvalue weighted by atomic mass is 16.6. The summed E-state index contributed by atoms with van der Waals surface area (Å²) in [7, 11) is 0. The van der Waals surface area contributed by atoms with Gasteiger partial charge in [0.25, 0.3) is 0 Å². The van der Waals surface area contributed by atoms with Crippen LogP contribution in [0.15, 0.2) is 30.5 Å². The van der Waals surface area contributed by atoms with Gasteiger partial charge < -0.3 is 9.47 Å².